The number of pyridine rings is 1. The number of nitrogens with two attached hydrogens (primary N) is 2. The van der Waals surface area contributed by atoms with Crippen LogP contribution in [0.1, 0.15) is 44.2 Å². The molecule has 148 valence electrons. The molecule has 1 atom stereocenters. The second-order valence-corrected chi connectivity index (χ2v) is 6.60. The zero-order valence-electron chi connectivity index (χ0n) is 15.6. The van der Waals surface area contributed by atoms with E-state index >= 15 is 0 Å². The van der Waals surface area contributed by atoms with Crippen molar-refractivity contribution in [2.45, 2.75) is 12.3 Å². The van der Waals surface area contributed by atoms with Crippen molar-refractivity contribution in [3.05, 3.63) is 94.9 Å². The second-order valence-electron chi connectivity index (χ2n) is 6.60. The zero-order chi connectivity index (χ0) is 20.8. The van der Waals surface area contributed by atoms with Crippen molar-refractivity contribution in [1.82, 2.24) is 10.3 Å². The monoisotopic (exact) mass is 392 g/mol. The number of anilines is 1. The molecule has 0 bridgehead atoms. The summed E-state index contributed by atoms with van der Waals surface area (Å²) in [5.41, 5.74) is 13.6. The molecule has 0 saturated carbocycles. The number of carbonyl (C=O) groups excluding carboxylic acids is 2. The van der Waals surface area contributed by atoms with Gasteiger partial charge in [-0.15, -0.1) is 0 Å². The molecule has 0 fully saturated rings. The van der Waals surface area contributed by atoms with Crippen LogP contribution in [0.15, 0.2) is 66.9 Å². The fraction of sp³-hybridized carbons (Fsp3) is 0.136. The van der Waals surface area contributed by atoms with Gasteiger partial charge in [0.1, 0.15) is 11.6 Å². The van der Waals surface area contributed by atoms with Crippen LogP contribution in [0.2, 0.25) is 0 Å². The molecule has 0 radical (unpaired) electrons. The molecule has 1 aromatic heterocycles. The van der Waals surface area contributed by atoms with E-state index in [-0.39, 0.29) is 23.5 Å². The number of benzene rings is 2. The highest BCUT2D eigenvalue weighted by Gasteiger charge is 2.16. The van der Waals surface area contributed by atoms with Crippen LogP contribution in [0.4, 0.5) is 10.2 Å². The summed E-state index contributed by atoms with van der Waals surface area (Å²) in [6.07, 6.45) is 2.06. The molecule has 5 N–H and O–H groups in total. The third-order valence-electron chi connectivity index (χ3n) is 4.63. The first-order valence-corrected chi connectivity index (χ1v) is 9.09. The molecule has 1 heterocycles. The molecule has 0 aliphatic heterocycles. The standard InChI is InChI=1S/C22H21FN4O2/c23-18-7-5-15(6-8-18)19(14-1-3-16(4-2-14)21(25)28)10-12-27-22(29)17-9-11-26-20(24)13-17/h1-9,11,13,19H,10,12H2,(H2,24,26)(H2,25,28)(H,27,29). The van der Waals surface area contributed by atoms with Gasteiger partial charge >= 0.3 is 0 Å². The Labute approximate surface area is 167 Å². The quantitative estimate of drug-likeness (QED) is 0.574. The maximum atomic E-state index is 13.3. The number of amides is 2. The first-order valence-electron chi connectivity index (χ1n) is 9.09. The lowest BCUT2D eigenvalue weighted by Gasteiger charge is -2.19. The van der Waals surface area contributed by atoms with Crippen LogP contribution in [0.5, 0.6) is 0 Å². The van der Waals surface area contributed by atoms with Gasteiger partial charge in [0, 0.05) is 29.8 Å². The summed E-state index contributed by atoms with van der Waals surface area (Å²) >= 11 is 0. The topological polar surface area (TPSA) is 111 Å². The average Bonchev–Trinajstić information content (AvgIpc) is 2.72. The number of carbonyl (C=O) groups is 2. The first kappa shape index (κ1) is 20.0. The van der Waals surface area contributed by atoms with Gasteiger partial charge in [0.25, 0.3) is 5.91 Å². The van der Waals surface area contributed by atoms with Crippen molar-refractivity contribution in [2.75, 3.05) is 12.3 Å². The Morgan fingerprint density at radius 2 is 1.59 bits per heavy atom. The predicted molar refractivity (Wildman–Crippen MR) is 109 cm³/mol. The maximum Gasteiger partial charge on any atom is 0.251 e. The lowest BCUT2D eigenvalue weighted by Crippen LogP contribution is -2.26. The van der Waals surface area contributed by atoms with Gasteiger partial charge in [-0.2, -0.15) is 0 Å². The number of nitrogen functional groups attached to an aromatic ring is 1. The molecular weight excluding hydrogens is 371 g/mol. The summed E-state index contributed by atoms with van der Waals surface area (Å²) in [7, 11) is 0. The van der Waals surface area contributed by atoms with Gasteiger partial charge in [0.05, 0.1) is 0 Å². The summed E-state index contributed by atoms with van der Waals surface area (Å²) in [6.45, 7) is 0.390. The lowest BCUT2D eigenvalue weighted by atomic mass is 9.88. The lowest BCUT2D eigenvalue weighted by molar-refractivity contribution is 0.0951. The molecule has 0 aliphatic carbocycles. The molecule has 1 unspecified atom stereocenters. The Kier molecular flexibility index (Phi) is 6.19. The van der Waals surface area contributed by atoms with Gasteiger partial charge in [-0.05, 0) is 53.9 Å². The smallest absolute Gasteiger partial charge is 0.251 e. The number of nitrogens with one attached hydrogen (secondary N) is 1. The number of primary amides is 1. The van der Waals surface area contributed by atoms with Crippen molar-refractivity contribution in [3.63, 3.8) is 0 Å². The van der Waals surface area contributed by atoms with Crippen molar-refractivity contribution >= 4 is 17.6 Å². The minimum atomic E-state index is -0.501. The van der Waals surface area contributed by atoms with E-state index in [1.54, 1.807) is 30.3 Å². The Balaban J connectivity index is 1.75. The number of aromatic nitrogens is 1. The van der Waals surface area contributed by atoms with E-state index in [0.29, 0.717) is 24.1 Å². The third kappa shape index (κ3) is 5.16. The summed E-state index contributed by atoms with van der Waals surface area (Å²) in [6, 6.07) is 16.3. The van der Waals surface area contributed by atoms with Crippen LogP contribution in [-0.2, 0) is 0 Å². The third-order valence-corrected chi connectivity index (χ3v) is 4.63. The van der Waals surface area contributed by atoms with Crippen LogP contribution < -0.4 is 16.8 Å². The van der Waals surface area contributed by atoms with E-state index in [1.165, 1.54) is 24.4 Å². The molecular formula is C22H21FN4O2. The molecule has 2 aromatic carbocycles. The van der Waals surface area contributed by atoms with E-state index in [9.17, 15) is 14.0 Å². The first-order chi connectivity index (χ1) is 13.9. The summed E-state index contributed by atoms with van der Waals surface area (Å²) < 4.78 is 13.3. The van der Waals surface area contributed by atoms with E-state index in [0.717, 1.165) is 11.1 Å². The van der Waals surface area contributed by atoms with E-state index < -0.39 is 5.91 Å². The van der Waals surface area contributed by atoms with Crippen molar-refractivity contribution in [2.24, 2.45) is 5.73 Å². The van der Waals surface area contributed by atoms with E-state index in [1.807, 2.05) is 12.1 Å². The molecule has 0 saturated heterocycles. The Hall–Kier alpha value is -3.74. The van der Waals surface area contributed by atoms with Gasteiger partial charge in [-0.3, -0.25) is 9.59 Å². The van der Waals surface area contributed by atoms with Crippen LogP contribution >= 0.6 is 0 Å². The molecule has 3 aromatic rings. The van der Waals surface area contributed by atoms with Gasteiger partial charge in [0.15, 0.2) is 0 Å². The Bertz CT molecular complexity index is 1000. The minimum Gasteiger partial charge on any atom is -0.384 e. The minimum absolute atomic E-state index is 0.0969. The molecule has 0 spiro atoms. The Morgan fingerprint density at radius 3 is 2.17 bits per heavy atom. The van der Waals surface area contributed by atoms with Gasteiger partial charge < -0.3 is 16.8 Å². The molecule has 6 nitrogen and oxygen atoms in total. The number of rotatable bonds is 7. The van der Waals surface area contributed by atoms with Crippen LogP contribution in [-0.4, -0.2) is 23.3 Å². The van der Waals surface area contributed by atoms with Gasteiger partial charge in [-0.25, -0.2) is 9.37 Å². The highest BCUT2D eigenvalue weighted by atomic mass is 19.1. The second kappa shape index (κ2) is 8.97. The molecule has 2 amide bonds. The number of halogens is 1. The normalized spacial score (nSPS) is 11.6. The van der Waals surface area contributed by atoms with E-state index in [2.05, 4.69) is 10.3 Å². The number of hydrogen-bond acceptors (Lipinski definition) is 4. The predicted octanol–water partition coefficient (Wildman–Crippen LogP) is 2.85. The van der Waals surface area contributed by atoms with Crippen LogP contribution in [0, 0.1) is 5.82 Å². The average molecular weight is 392 g/mol. The van der Waals surface area contributed by atoms with Gasteiger partial charge in [0.2, 0.25) is 5.91 Å². The highest BCUT2D eigenvalue weighted by Crippen LogP contribution is 2.28. The van der Waals surface area contributed by atoms with Crippen molar-refractivity contribution in [1.29, 1.82) is 0 Å². The van der Waals surface area contributed by atoms with Crippen molar-refractivity contribution < 1.29 is 14.0 Å². The summed E-state index contributed by atoms with van der Waals surface area (Å²) in [5.74, 6) is -0.892. The Morgan fingerprint density at radius 1 is 0.966 bits per heavy atom. The highest BCUT2D eigenvalue weighted by molar-refractivity contribution is 5.94. The van der Waals surface area contributed by atoms with Crippen LogP contribution in [0.3, 0.4) is 0 Å². The van der Waals surface area contributed by atoms with Gasteiger partial charge in [-0.1, -0.05) is 24.3 Å². The SMILES string of the molecule is NC(=O)c1ccc(C(CCNC(=O)c2ccnc(N)c2)c2ccc(F)cc2)cc1. The number of nitrogens with zero attached hydrogens (tertiary/aromatic N) is 1. The molecule has 7 heteroatoms. The molecule has 29 heavy (non-hydrogen) atoms. The molecule has 0 aliphatic rings. The zero-order valence-corrected chi connectivity index (χ0v) is 15.6. The fourth-order valence-corrected chi connectivity index (χ4v) is 3.12. The number of hydrogen-bond donors (Lipinski definition) is 3. The van der Waals surface area contributed by atoms with Crippen LogP contribution in [0.25, 0.3) is 0 Å². The maximum absolute atomic E-state index is 13.3. The van der Waals surface area contributed by atoms with Crippen molar-refractivity contribution in [3.8, 4) is 0 Å². The summed E-state index contributed by atoms with van der Waals surface area (Å²) in [4.78, 5) is 27.5. The van der Waals surface area contributed by atoms with E-state index in [4.69, 9.17) is 11.5 Å². The fourth-order valence-electron chi connectivity index (χ4n) is 3.12. The largest absolute Gasteiger partial charge is 0.384 e. The molecule has 3 rings (SSSR count). The summed E-state index contributed by atoms with van der Waals surface area (Å²) in [5, 5.41) is 2.87.